The third kappa shape index (κ3) is 3.13. The van der Waals surface area contributed by atoms with E-state index in [1.807, 2.05) is 6.07 Å². The zero-order valence-corrected chi connectivity index (χ0v) is 10.4. The molecule has 98 valence electrons. The molecule has 0 saturated heterocycles. The normalized spacial score (nSPS) is 22.6. The van der Waals surface area contributed by atoms with E-state index in [9.17, 15) is 4.79 Å². The molecule has 5 nitrogen and oxygen atoms in total. The Bertz CT molecular complexity index is 422. The molecule has 2 atom stereocenters. The highest BCUT2D eigenvalue weighted by Gasteiger charge is 2.27. The largest absolute Gasteiger partial charge is 0.497 e. The van der Waals surface area contributed by atoms with Crippen molar-refractivity contribution < 1.29 is 14.3 Å². The third-order valence-electron chi connectivity index (χ3n) is 3.08. The van der Waals surface area contributed by atoms with Crippen LogP contribution in [0.15, 0.2) is 24.3 Å². The monoisotopic (exact) mass is 250 g/mol. The van der Waals surface area contributed by atoms with Crippen LogP contribution in [-0.2, 0) is 4.74 Å². The molecular weight excluding hydrogens is 232 g/mol. The van der Waals surface area contributed by atoms with E-state index in [0.29, 0.717) is 11.4 Å². The number of carbonyl (C=O) groups excluding carboxylic acids is 1. The van der Waals surface area contributed by atoms with E-state index in [2.05, 4.69) is 5.32 Å². The van der Waals surface area contributed by atoms with Gasteiger partial charge in [0.05, 0.1) is 7.11 Å². The van der Waals surface area contributed by atoms with Crippen molar-refractivity contribution in [2.75, 3.05) is 12.4 Å². The quantitative estimate of drug-likeness (QED) is 0.861. The van der Waals surface area contributed by atoms with Crippen LogP contribution in [0.5, 0.6) is 5.75 Å². The lowest BCUT2D eigenvalue weighted by molar-refractivity contribution is 0.105. The van der Waals surface area contributed by atoms with Gasteiger partial charge in [-0.3, -0.25) is 5.32 Å². The third-order valence-corrected chi connectivity index (χ3v) is 3.08. The SMILES string of the molecule is COc1cccc(NC(=O)OC2CCCC2N)c1. The van der Waals surface area contributed by atoms with Gasteiger partial charge in [0.2, 0.25) is 0 Å². The van der Waals surface area contributed by atoms with Crippen LogP contribution < -0.4 is 15.8 Å². The van der Waals surface area contributed by atoms with Gasteiger partial charge in [-0.2, -0.15) is 0 Å². The molecule has 0 bridgehead atoms. The fourth-order valence-electron chi connectivity index (χ4n) is 2.09. The van der Waals surface area contributed by atoms with Gasteiger partial charge in [-0.25, -0.2) is 4.79 Å². The molecule has 5 heteroatoms. The summed E-state index contributed by atoms with van der Waals surface area (Å²) < 4.78 is 10.4. The maximum absolute atomic E-state index is 11.7. The number of carbonyl (C=O) groups is 1. The standard InChI is InChI=1S/C13H18N2O3/c1-17-10-5-2-4-9(8-10)15-13(16)18-12-7-3-6-11(12)14/h2,4-5,8,11-12H,3,6-7,14H2,1H3,(H,15,16). The number of hydrogen-bond acceptors (Lipinski definition) is 4. The average Bonchev–Trinajstić information content (AvgIpc) is 2.75. The van der Waals surface area contributed by atoms with Crippen LogP contribution >= 0.6 is 0 Å². The van der Waals surface area contributed by atoms with Crippen molar-refractivity contribution in [3.63, 3.8) is 0 Å². The van der Waals surface area contributed by atoms with E-state index in [4.69, 9.17) is 15.2 Å². The Morgan fingerprint density at radius 1 is 1.44 bits per heavy atom. The van der Waals surface area contributed by atoms with Gasteiger partial charge in [-0.1, -0.05) is 6.07 Å². The number of rotatable bonds is 3. The van der Waals surface area contributed by atoms with E-state index in [1.54, 1.807) is 25.3 Å². The van der Waals surface area contributed by atoms with Gasteiger partial charge < -0.3 is 15.2 Å². The van der Waals surface area contributed by atoms with Crippen LogP contribution in [0.3, 0.4) is 0 Å². The summed E-state index contributed by atoms with van der Waals surface area (Å²) >= 11 is 0. The Morgan fingerprint density at radius 3 is 2.94 bits per heavy atom. The fourth-order valence-corrected chi connectivity index (χ4v) is 2.09. The number of nitrogens with two attached hydrogens (primary N) is 1. The molecule has 0 aromatic heterocycles. The second kappa shape index (κ2) is 5.73. The van der Waals surface area contributed by atoms with Gasteiger partial charge in [0.25, 0.3) is 0 Å². The summed E-state index contributed by atoms with van der Waals surface area (Å²) in [7, 11) is 1.58. The zero-order chi connectivity index (χ0) is 13.0. The highest BCUT2D eigenvalue weighted by atomic mass is 16.6. The highest BCUT2D eigenvalue weighted by Crippen LogP contribution is 2.21. The van der Waals surface area contributed by atoms with Gasteiger partial charge in [0.1, 0.15) is 11.9 Å². The average molecular weight is 250 g/mol. The lowest BCUT2D eigenvalue weighted by Gasteiger charge is -2.16. The van der Waals surface area contributed by atoms with Crippen molar-refractivity contribution >= 4 is 11.8 Å². The predicted molar refractivity (Wildman–Crippen MR) is 68.7 cm³/mol. The summed E-state index contributed by atoms with van der Waals surface area (Å²) in [5, 5.41) is 2.67. The first-order chi connectivity index (χ1) is 8.69. The minimum absolute atomic E-state index is 0.0407. The Kier molecular flexibility index (Phi) is 4.04. The van der Waals surface area contributed by atoms with Gasteiger partial charge in [-0.15, -0.1) is 0 Å². The van der Waals surface area contributed by atoms with Crippen LogP contribution in [0.1, 0.15) is 19.3 Å². The first-order valence-electron chi connectivity index (χ1n) is 6.06. The van der Waals surface area contributed by atoms with E-state index in [1.165, 1.54) is 0 Å². The first-order valence-corrected chi connectivity index (χ1v) is 6.06. The molecule has 1 aromatic rings. The van der Waals surface area contributed by atoms with Gasteiger partial charge in [0, 0.05) is 17.8 Å². The topological polar surface area (TPSA) is 73.6 Å². The summed E-state index contributed by atoms with van der Waals surface area (Å²) in [5.74, 6) is 0.686. The number of nitrogens with one attached hydrogen (secondary N) is 1. The molecule has 0 aliphatic heterocycles. The second-order valence-electron chi connectivity index (χ2n) is 4.40. The Labute approximate surface area is 106 Å². The highest BCUT2D eigenvalue weighted by molar-refractivity contribution is 5.85. The van der Waals surface area contributed by atoms with Crippen LogP contribution in [0.25, 0.3) is 0 Å². The van der Waals surface area contributed by atoms with E-state index in [-0.39, 0.29) is 12.1 Å². The number of methoxy groups -OCH3 is 1. The van der Waals surface area contributed by atoms with Gasteiger partial charge >= 0.3 is 6.09 Å². The molecule has 2 unspecified atom stereocenters. The van der Waals surface area contributed by atoms with Crippen molar-refractivity contribution in [3.05, 3.63) is 24.3 Å². The molecular formula is C13H18N2O3. The molecule has 1 aromatic carbocycles. The maximum atomic E-state index is 11.7. The van der Waals surface area contributed by atoms with Crippen LogP contribution in [0.4, 0.5) is 10.5 Å². The second-order valence-corrected chi connectivity index (χ2v) is 4.40. The molecule has 3 N–H and O–H groups in total. The van der Waals surface area contributed by atoms with E-state index in [0.717, 1.165) is 19.3 Å². The number of ether oxygens (including phenoxy) is 2. The van der Waals surface area contributed by atoms with E-state index >= 15 is 0 Å². The Balaban J connectivity index is 1.90. The lowest BCUT2D eigenvalue weighted by Crippen LogP contribution is -2.34. The Hall–Kier alpha value is -1.75. The maximum Gasteiger partial charge on any atom is 0.411 e. The molecule has 1 saturated carbocycles. The van der Waals surface area contributed by atoms with Crippen molar-refractivity contribution in [1.29, 1.82) is 0 Å². The van der Waals surface area contributed by atoms with Crippen molar-refractivity contribution in [1.82, 2.24) is 0 Å². The predicted octanol–water partition coefficient (Wildman–Crippen LogP) is 2.12. The molecule has 1 aliphatic rings. The molecule has 0 heterocycles. The minimum atomic E-state index is -0.467. The number of anilines is 1. The molecule has 1 fully saturated rings. The molecule has 18 heavy (non-hydrogen) atoms. The summed E-state index contributed by atoms with van der Waals surface area (Å²) in [6, 6.07) is 7.08. The van der Waals surface area contributed by atoms with E-state index < -0.39 is 6.09 Å². The summed E-state index contributed by atoms with van der Waals surface area (Å²) in [4.78, 5) is 11.7. The smallest absolute Gasteiger partial charge is 0.411 e. The van der Waals surface area contributed by atoms with Gasteiger partial charge in [0.15, 0.2) is 0 Å². The van der Waals surface area contributed by atoms with Crippen molar-refractivity contribution in [2.45, 2.75) is 31.4 Å². The molecule has 0 spiro atoms. The Morgan fingerprint density at radius 2 is 2.28 bits per heavy atom. The molecule has 1 amide bonds. The number of benzene rings is 1. The molecule has 1 aliphatic carbocycles. The summed E-state index contributed by atoms with van der Waals surface area (Å²) in [6.07, 6.45) is 2.13. The van der Waals surface area contributed by atoms with Crippen LogP contribution in [0.2, 0.25) is 0 Å². The fraction of sp³-hybridized carbons (Fsp3) is 0.462. The summed E-state index contributed by atoms with van der Waals surface area (Å²) in [6.45, 7) is 0. The number of amides is 1. The zero-order valence-electron chi connectivity index (χ0n) is 10.4. The number of hydrogen-bond donors (Lipinski definition) is 2. The van der Waals surface area contributed by atoms with Crippen molar-refractivity contribution in [2.24, 2.45) is 5.73 Å². The van der Waals surface area contributed by atoms with Crippen LogP contribution in [0, 0.1) is 0 Å². The summed E-state index contributed by atoms with van der Waals surface area (Å²) in [5.41, 5.74) is 6.49. The van der Waals surface area contributed by atoms with Crippen LogP contribution in [-0.4, -0.2) is 25.3 Å². The van der Waals surface area contributed by atoms with Crippen molar-refractivity contribution in [3.8, 4) is 5.75 Å². The molecule has 2 rings (SSSR count). The minimum Gasteiger partial charge on any atom is -0.497 e. The first kappa shape index (κ1) is 12.7. The molecule has 0 radical (unpaired) electrons. The lowest BCUT2D eigenvalue weighted by atomic mass is 10.2. The van der Waals surface area contributed by atoms with Gasteiger partial charge in [-0.05, 0) is 31.4 Å².